The molecule has 0 unspecified atom stereocenters. The predicted octanol–water partition coefficient (Wildman–Crippen LogP) is 4.21. The molecule has 0 N–H and O–H groups in total. The number of piperidine rings is 1. The second kappa shape index (κ2) is 5.08. The summed E-state index contributed by atoms with van der Waals surface area (Å²) in [6, 6.07) is 5.67. The van der Waals surface area contributed by atoms with E-state index >= 15 is 0 Å². The molecule has 1 aliphatic heterocycles. The quantitative estimate of drug-likeness (QED) is 0.774. The Morgan fingerprint density at radius 3 is 2.05 bits per heavy atom. The second-order valence-corrected chi connectivity index (χ2v) is 6.13. The summed E-state index contributed by atoms with van der Waals surface area (Å²) in [5.74, 6) is -2.76. The van der Waals surface area contributed by atoms with Gasteiger partial charge in [-0.05, 0) is 43.6 Å². The number of ether oxygens (including phenoxy) is 1. The molecule has 1 saturated carbocycles. The predicted molar refractivity (Wildman–Crippen MR) is 69.6 cm³/mol. The van der Waals surface area contributed by atoms with E-state index in [4.69, 9.17) is 0 Å². The first kappa shape index (κ1) is 15.5. The molecule has 7 heteroatoms. The number of hydrogen-bond donors (Lipinski definition) is 0. The van der Waals surface area contributed by atoms with Crippen molar-refractivity contribution >= 4 is 0 Å². The van der Waals surface area contributed by atoms with Gasteiger partial charge in [0.15, 0.2) is 0 Å². The Bertz CT molecular complexity index is 532. The van der Waals surface area contributed by atoms with Crippen LogP contribution in [0, 0.1) is 5.41 Å². The van der Waals surface area contributed by atoms with Gasteiger partial charge in [0.05, 0.1) is 0 Å². The molecule has 122 valence electrons. The minimum absolute atomic E-state index is 0.00266. The lowest BCUT2D eigenvalue weighted by Crippen LogP contribution is -2.36. The molecule has 22 heavy (non-hydrogen) atoms. The minimum Gasteiger partial charge on any atom is -0.406 e. The van der Waals surface area contributed by atoms with E-state index < -0.39 is 17.7 Å². The van der Waals surface area contributed by atoms with Crippen molar-refractivity contribution in [3.05, 3.63) is 29.8 Å². The number of halogens is 5. The maximum absolute atomic E-state index is 13.3. The van der Waals surface area contributed by atoms with Crippen molar-refractivity contribution in [2.75, 3.05) is 13.1 Å². The van der Waals surface area contributed by atoms with Crippen LogP contribution in [-0.2, 0) is 6.54 Å². The molecular formula is C15H16F5NO. The molecule has 0 bridgehead atoms. The van der Waals surface area contributed by atoms with Crippen LogP contribution < -0.4 is 4.74 Å². The average Bonchev–Trinajstić information content (AvgIpc) is 2.94. The molecule has 1 aliphatic carbocycles. The smallest absolute Gasteiger partial charge is 0.406 e. The fraction of sp³-hybridized carbons (Fsp3) is 0.600. The monoisotopic (exact) mass is 321 g/mol. The lowest BCUT2D eigenvalue weighted by atomic mass is 9.92. The summed E-state index contributed by atoms with van der Waals surface area (Å²) < 4.78 is 66.6. The highest BCUT2D eigenvalue weighted by molar-refractivity contribution is 5.27. The van der Waals surface area contributed by atoms with Crippen molar-refractivity contribution in [1.29, 1.82) is 0 Å². The molecular weight excluding hydrogens is 305 g/mol. The van der Waals surface area contributed by atoms with Crippen LogP contribution in [0.5, 0.6) is 5.75 Å². The summed E-state index contributed by atoms with van der Waals surface area (Å²) in [5, 5.41) is 0. The van der Waals surface area contributed by atoms with Gasteiger partial charge in [-0.3, -0.25) is 4.90 Å². The number of nitrogens with zero attached hydrogens (tertiary/aromatic N) is 1. The van der Waals surface area contributed by atoms with Crippen LogP contribution in [0.3, 0.4) is 0 Å². The Hall–Kier alpha value is -1.37. The van der Waals surface area contributed by atoms with Gasteiger partial charge in [-0.2, -0.15) is 0 Å². The van der Waals surface area contributed by atoms with E-state index in [9.17, 15) is 22.0 Å². The lowest BCUT2D eigenvalue weighted by Gasteiger charge is -2.32. The molecule has 2 nitrogen and oxygen atoms in total. The third-order valence-electron chi connectivity index (χ3n) is 4.59. The third-order valence-corrected chi connectivity index (χ3v) is 4.59. The normalized spacial score (nSPS) is 23.5. The molecule has 2 fully saturated rings. The van der Waals surface area contributed by atoms with Crippen molar-refractivity contribution in [1.82, 2.24) is 4.90 Å². The SMILES string of the molecule is FC(F)(F)Oc1ccc(CN2CCC3(CC2)CC3(F)F)cc1. The van der Waals surface area contributed by atoms with Crippen molar-refractivity contribution in [3.8, 4) is 5.75 Å². The Labute approximate surface area is 124 Å². The van der Waals surface area contributed by atoms with Gasteiger partial charge in [0.1, 0.15) is 5.75 Å². The molecule has 0 radical (unpaired) electrons. The molecule has 1 aromatic rings. The van der Waals surface area contributed by atoms with E-state index in [1.54, 1.807) is 12.1 Å². The highest BCUT2D eigenvalue weighted by atomic mass is 19.4. The van der Waals surface area contributed by atoms with Crippen LogP contribution >= 0.6 is 0 Å². The zero-order valence-corrected chi connectivity index (χ0v) is 11.8. The molecule has 2 aliphatic rings. The topological polar surface area (TPSA) is 12.5 Å². The number of rotatable bonds is 3. The van der Waals surface area contributed by atoms with Crippen molar-refractivity contribution < 1.29 is 26.7 Å². The van der Waals surface area contributed by atoms with Crippen LogP contribution in [0.1, 0.15) is 24.8 Å². The Morgan fingerprint density at radius 2 is 1.59 bits per heavy atom. The third kappa shape index (κ3) is 3.19. The zero-order valence-electron chi connectivity index (χ0n) is 11.8. The van der Waals surface area contributed by atoms with Crippen molar-refractivity contribution in [2.24, 2.45) is 5.41 Å². The molecule has 1 saturated heterocycles. The number of benzene rings is 1. The summed E-state index contributed by atoms with van der Waals surface area (Å²) in [6.45, 7) is 1.74. The first-order chi connectivity index (χ1) is 10.2. The molecule has 1 aromatic carbocycles. The molecule has 1 spiro atoms. The van der Waals surface area contributed by atoms with Crippen LogP contribution in [0.4, 0.5) is 22.0 Å². The van der Waals surface area contributed by atoms with Gasteiger partial charge < -0.3 is 4.74 Å². The van der Waals surface area contributed by atoms with E-state index in [0.717, 1.165) is 5.56 Å². The van der Waals surface area contributed by atoms with Crippen LogP contribution in [0.15, 0.2) is 24.3 Å². The van der Waals surface area contributed by atoms with E-state index in [1.165, 1.54) is 12.1 Å². The van der Waals surface area contributed by atoms with Crippen LogP contribution in [0.25, 0.3) is 0 Å². The van der Waals surface area contributed by atoms with Gasteiger partial charge in [-0.25, -0.2) is 8.78 Å². The Morgan fingerprint density at radius 1 is 1.05 bits per heavy atom. The lowest BCUT2D eigenvalue weighted by molar-refractivity contribution is -0.274. The Kier molecular flexibility index (Phi) is 3.58. The average molecular weight is 321 g/mol. The van der Waals surface area contributed by atoms with Gasteiger partial charge >= 0.3 is 6.36 Å². The standard InChI is InChI=1S/C15H16F5NO/c16-14(17)10-13(14)5-7-21(8-6-13)9-11-1-3-12(4-2-11)22-15(18,19)20/h1-4H,5-10H2. The maximum Gasteiger partial charge on any atom is 0.573 e. The molecule has 1 heterocycles. The van der Waals surface area contributed by atoms with E-state index in [-0.39, 0.29) is 12.2 Å². The first-order valence-corrected chi connectivity index (χ1v) is 7.14. The summed E-state index contributed by atoms with van der Waals surface area (Å²) in [6.07, 6.45) is -3.74. The first-order valence-electron chi connectivity index (χ1n) is 7.14. The largest absolute Gasteiger partial charge is 0.573 e. The van der Waals surface area contributed by atoms with Crippen LogP contribution in [-0.4, -0.2) is 30.3 Å². The summed E-state index contributed by atoms with van der Waals surface area (Å²) >= 11 is 0. The Balaban J connectivity index is 1.52. The second-order valence-electron chi connectivity index (χ2n) is 6.13. The molecule has 3 rings (SSSR count). The van der Waals surface area contributed by atoms with Gasteiger partial charge in [0.25, 0.3) is 5.92 Å². The molecule has 0 aromatic heterocycles. The summed E-state index contributed by atoms with van der Waals surface area (Å²) in [5.41, 5.74) is 0.0569. The summed E-state index contributed by atoms with van der Waals surface area (Å²) in [4.78, 5) is 2.05. The van der Waals surface area contributed by atoms with E-state index in [1.807, 2.05) is 0 Å². The zero-order chi connectivity index (χ0) is 16.0. The minimum atomic E-state index is -4.70. The fourth-order valence-electron chi connectivity index (χ4n) is 3.12. The maximum atomic E-state index is 13.3. The van der Waals surface area contributed by atoms with Gasteiger partial charge in [0.2, 0.25) is 0 Å². The van der Waals surface area contributed by atoms with Crippen LogP contribution in [0.2, 0.25) is 0 Å². The van der Waals surface area contributed by atoms with Gasteiger partial charge in [-0.15, -0.1) is 13.2 Å². The number of likely N-dealkylation sites (tertiary alicyclic amines) is 1. The van der Waals surface area contributed by atoms with E-state index in [2.05, 4.69) is 9.64 Å². The number of alkyl halides is 5. The van der Waals surface area contributed by atoms with Crippen molar-refractivity contribution in [3.63, 3.8) is 0 Å². The fourth-order valence-corrected chi connectivity index (χ4v) is 3.12. The van der Waals surface area contributed by atoms with Crippen molar-refractivity contribution in [2.45, 2.75) is 38.1 Å². The highest BCUT2D eigenvalue weighted by Gasteiger charge is 2.70. The van der Waals surface area contributed by atoms with Gasteiger partial charge in [-0.1, -0.05) is 12.1 Å². The molecule has 0 atom stereocenters. The summed E-state index contributed by atoms with van der Waals surface area (Å²) in [7, 11) is 0. The van der Waals surface area contributed by atoms with E-state index in [0.29, 0.717) is 32.5 Å². The molecule has 0 amide bonds. The highest BCUT2D eigenvalue weighted by Crippen LogP contribution is 2.65. The van der Waals surface area contributed by atoms with Gasteiger partial charge in [0, 0.05) is 18.4 Å². The number of hydrogen-bond acceptors (Lipinski definition) is 2.